The number of hydrogen-bond acceptors (Lipinski definition) is 2. The van der Waals surface area contributed by atoms with E-state index in [1.807, 2.05) is 0 Å². The van der Waals surface area contributed by atoms with E-state index in [4.69, 9.17) is 16.3 Å². The lowest BCUT2D eigenvalue weighted by atomic mass is 10.2. The van der Waals surface area contributed by atoms with E-state index in [0.29, 0.717) is 10.8 Å². The van der Waals surface area contributed by atoms with Crippen LogP contribution in [-0.2, 0) is 6.54 Å². The van der Waals surface area contributed by atoms with Crippen LogP contribution in [0.4, 0.5) is 14.5 Å². The lowest BCUT2D eigenvalue weighted by molar-refractivity contribution is 0.410. The van der Waals surface area contributed by atoms with Crippen LogP contribution in [0.15, 0.2) is 36.4 Å². The third-order valence-electron chi connectivity index (χ3n) is 2.66. The van der Waals surface area contributed by atoms with Gasteiger partial charge in [0.05, 0.1) is 12.8 Å². The average molecular weight is 284 g/mol. The highest BCUT2D eigenvalue weighted by Gasteiger charge is 2.09. The molecule has 2 rings (SSSR count). The third-order valence-corrected chi connectivity index (χ3v) is 2.90. The molecule has 2 aromatic rings. The van der Waals surface area contributed by atoms with E-state index in [1.54, 1.807) is 18.2 Å². The summed E-state index contributed by atoms with van der Waals surface area (Å²) in [4.78, 5) is 0. The Morgan fingerprint density at radius 2 is 2.00 bits per heavy atom. The summed E-state index contributed by atoms with van der Waals surface area (Å²) in [5.41, 5.74) is 0.862. The van der Waals surface area contributed by atoms with Crippen LogP contribution in [0.1, 0.15) is 5.56 Å². The maximum absolute atomic E-state index is 13.5. The molecule has 2 aromatic carbocycles. The van der Waals surface area contributed by atoms with Crippen LogP contribution in [0, 0.1) is 11.6 Å². The van der Waals surface area contributed by atoms with Gasteiger partial charge in [-0.25, -0.2) is 8.78 Å². The maximum Gasteiger partial charge on any atom is 0.181 e. The molecule has 0 unspecified atom stereocenters. The molecule has 100 valence electrons. The standard InChI is InChI=1S/C14H12ClF2NO/c1-19-13-6-5-10(15)7-9(13)8-18-12-4-2-3-11(16)14(12)17/h2-7,18H,8H2,1H3. The second kappa shape index (κ2) is 5.89. The third kappa shape index (κ3) is 3.15. The molecule has 5 heteroatoms. The Bertz CT molecular complexity index is 590. The molecule has 2 nitrogen and oxygen atoms in total. The van der Waals surface area contributed by atoms with Crippen LogP contribution >= 0.6 is 11.6 Å². The lowest BCUT2D eigenvalue weighted by Crippen LogP contribution is -2.04. The minimum Gasteiger partial charge on any atom is -0.496 e. The Labute approximate surface area is 115 Å². The van der Waals surface area contributed by atoms with Crippen molar-refractivity contribution in [1.82, 2.24) is 0 Å². The van der Waals surface area contributed by atoms with E-state index >= 15 is 0 Å². The Morgan fingerprint density at radius 1 is 1.21 bits per heavy atom. The maximum atomic E-state index is 13.5. The van der Waals surface area contributed by atoms with Gasteiger partial charge in [0.2, 0.25) is 0 Å². The molecule has 0 radical (unpaired) electrons. The molecule has 0 fully saturated rings. The molecule has 0 spiro atoms. The average Bonchev–Trinajstić information content (AvgIpc) is 2.40. The Hall–Kier alpha value is -1.81. The first-order chi connectivity index (χ1) is 9.11. The lowest BCUT2D eigenvalue weighted by Gasteiger charge is -2.11. The van der Waals surface area contributed by atoms with Crippen molar-refractivity contribution in [3.05, 3.63) is 58.6 Å². The summed E-state index contributed by atoms with van der Waals surface area (Å²) in [6.07, 6.45) is 0. The number of rotatable bonds is 4. The van der Waals surface area contributed by atoms with Gasteiger partial charge in [0.15, 0.2) is 11.6 Å². The number of anilines is 1. The fourth-order valence-corrected chi connectivity index (χ4v) is 1.91. The van der Waals surface area contributed by atoms with Gasteiger partial charge < -0.3 is 10.1 Å². The second-order valence-corrected chi connectivity index (χ2v) is 4.35. The molecule has 0 atom stereocenters. The van der Waals surface area contributed by atoms with Gasteiger partial charge in [-0.1, -0.05) is 17.7 Å². The first kappa shape index (κ1) is 13.6. The number of nitrogens with one attached hydrogen (secondary N) is 1. The highest BCUT2D eigenvalue weighted by atomic mass is 35.5. The second-order valence-electron chi connectivity index (χ2n) is 3.91. The smallest absolute Gasteiger partial charge is 0.181 e. The predicted molar refractivity (Wildman–Crippen MR) is 71.7 cm³/mol. The van der Waals surface area contributed by atoms with Crippen LogP contribution in [0.25, 0.3) is 0 Å². The molecule has 0 aromatic heterocycles. The van der Waals surface area contributed by atoms with E-state index in [2.05, 4.69) is 5.32 Å². The summed E-state index contributed by atoms with van der Waals surface area (Å²) in [6.45, 7) is 0.282. The van der Waals surface area contributed by atoms with Crippen LogP contribution in [0.3, 0.4) is 0 Å². The number of ether oxygens (including phenoxy) is 1. The van der Waals surface area contributed by atoms with Gasteiger partial charge in [-0.15, -0.1) is 0 Å². The van der Waals surface area contributed by atoms with Crippen molar-refractivity contribution in [3.63, 3.8) is 0 Å². The van der Waals surface area contributed by atoms with Gasteiger partial charge in [-0.3, -0.25) is 0 Å². The van der Waals surface area contributed by atoms with Crippen LogP contribution < -0.4 is 10.1 Å². The van der Waals surface area contributed by atoms with E-state index in [9.17, 15) is 8.78 Å². The normalized spacial score (nSPS) is 10.3. The van der Waals surface area contributed by atoms with E-state index < -0.39 is 11.6 Å². The molecule has 0 saturated carbocycles. The molecule has 0 bridgehead atoms. The van der Waals surface area contributed by atoms with Crippen molar-refractivity contribution < 1.29 is 13.5 Å². The Kier molecular flexibility index (Phi) is 4.22. The molecule has 0 aliphatic rings. The summed E-state index contributed by atoms with van der Waals surface area (Å²) in [5.74, 6) is -1.15. The van der Waals surface area contributed by atoms with Gasteiger partial charge in [-0.05, 0) is 30.3 Å². The molecule has 0 heterocycles. The molecular formula is C14H12ClF2NO. The van der Waals surface area contributed by atoms with Crippen molar-refractivity contribution in [2.75, 3.05) is 12.4 Å². The highest BCUT2D eigenvalue weighted by Crippen LogP contribution is 2.24. The SMILES string of the molecule is COc1ccc(Cl)cc1CNc1cccc(F)c1F. The quantitative estimate of drug-likeness (QED) is 0.906. The Balaban J connectivity index is 2.18. The number of hydrogen-bond donors (Lipinski definition) is 1. The van der Waals surface area contributed by atoms with Crippen LogP contribution in [0.5, 0.6) is 5.75 Å². The van der Waals surface area contributed by atoms with E-state index in [-0.39, 0.29) is 12.2 Å². The molecular weight excluding hydrogens is 272 g/mol. The predicted octanol–water partition coefficient (Wildman–Crippen LogP) is 4.24. The minimum atomic E-state index is -0.900. The summed E-state index contributed by atoms with van der Waals surface area (Å²) in [5, 5.41) is 3.37. The monoisotopic (exact) mass is 283 g/mol. The Morgan fingerprint density at radius 3 is 2.74 bits per heavy atom. The summed E-state index contributed by atoms with van der Waals surface area (Å²) >= 11 is 5.89. The van der Waals surface area contributed by atoms with Crippen molar-refractivity contribution in [2.24, 2.45) is 0 Å². The molecule has 0 aliphatic heterocycles. The van der Waals surface area contributed by atoms with Crippen LogP contribution in [0.2, 0.25) is 5.02 Å². The van der Waals surface area contributed by atoms with Gasteiger partial charge in [0.25, 0.3) is 0 Å². The van der Waals surface area contributed by atoms with Gasteiger partial charge in [0.1, 0.15) is 5.75 Å². The molecule has 19 heavy (non-hydrogen) atoms. The molecule has 0 saturated heterocycles. The zero-order chi connectivity index (χ0) is 13.8. The number of benzene rings is 2. The summed E-state index contributed by atoms with van der Waals surface area (Å²) < 4.78 is 31.7. The van der Waals surface area contributed by atoms with Gasteiger partial charge >= 0.3 is 0 Å². The first-order valence-electron chi connectivity index (χ1n) is 5.62. The van der Waals surface area contributed by atoms with Crippen LogP contribution in [-0.4, -0.2) is 7.11 Å². The van der Waals surface area contributed by atoms with E-state index in [1.165, 1.54) is 19.2 Å². The van der Waals surface area contributed by atoms with E-state index in [0.717, 1.165) is 11.6 Å². The minimum absolute atomic E-state index is 0.0991. The van der Waals surface area contributed by atoms with Crippen molar-refractivity contribution >= 4 is 17.3 Å². The van der Waals surface area contributed by atoms with Gasteiger partial charge in [-0.2, -0.15) is 0 Å². The van der Waals surface area contributed by atoms with Crippen molar-refractivity contribution in [1.29, 1.82) is 0 Å². The highest BCUT2D eigenvalue weighted by molar-refractivity contribution is 6.30. The number of halogens is 3. The zero-order valence-electron chi connectivity index (χ0n) is 10.2. The van der Waals surface area contributed by atoms with Crippen molar-refractivity contribution in [3.8, 4) is 5.75 Å². The fraction of sp³-hybridized carbons (Fsp3) is 0.143. The zero-order valence-corrected chi connectivity index (χ0v) is 11.0. The summed E-state index contributed by atoms with van der Waals surface area (Å²) in [7, 11) is 1.54. The molecule has 0 amide bonds. The summed E-state index contributed by atoms with van der Waals surface area (Å²) in [6, 6.07) is 9.12. The molecule has 1 N–H and O–H groups in total. The first-order valence-corrected chi connectivity index (χ1v) is 6.00. The number of methoxy groups -OCH3 is 1. The molecule has 0 aliphatic carbocycles. The van der Waals surface area contributed by atoms with Gasteiger partial charge in [0, 0.05) is 17.1 Å². The topological polar surface area (TPSA) is 21.3 Å². The largest absolute Gasteiger partial charge is 0.496 e. The fourth-order valence-electron chi connectivity index (χ4n) is 1.72. The van der Waals surface area contributed by atoms with Crippen molar-refractivity contribution in [2.45, 2.75) is 6.54 Å².